The number of hydrogen-bond donors (Lipinski definition) is 3. The molecule has 35 heavy (non-hydrogen) atoms. The molecule has 0 amide bonds. The fourth-order valence-corrected chi connectivity index (χ4v) is 4.56. The van der Waals surface area contributed by atoms with Crippen molar-refractivity contribution < 1.29 is 14.8 Å². The Morgan fingerprint density at radius 3 is 1.89 bits per heavy atom. The lowest BCUT2D eigenvalue weighted by molar-refractivity contribution is 0.103. The summed E-state index contributed by atoms with van der Waals surface area (Å²) in [6.07, 6.45) is 4.32. The van der Waals surface area contributed by atoms with Gasteiger partial charge >= 0.3 is 7.12 Å². The van der Waals surface area contributed by atoms with Crippen molar-refractivity contribution in [2.24, 2.45) is 5.73 Å². The summed E-state index contributed by atoms with van der Waals surface area (Å²) in [5.74, 6) is 0.0989. The second-order valence-electron chi connectivity index (χ2n) is 7.55. The monoisotopic (exact) mass is 503 g/mol. The van der Waals surface area contributed by atoms with Gasteiger partial charge in [-0.1, -0.05) is 72.8 Å². The fraction of sp³-hybridized carbons (Fsp3) is 0.107. The second kappa shape index (κ2) is 15.0. The molecule has 2 aromatic carbocycles. The summed E-state index contributed by atoms with van der Waals surface area (Å²) >= 11 is 3.21. The van der Waals surface area contributed by atoms with Crippen LogP contribution in [0.2, 0.25) is 6.32 Å². The summed E-state index contributed by atoms with van der Waals surface area (Å²) in [4.78, 5) is 11.7. The Morgan fingerprint density at radius 1 is 0.829 bits per heavy atom. The zero-order valence-corrected chi connectivity index (χ0v) is 21.1. The Hall–Kier alpha value is -3.07. The van der Waals surface area contributed by atoms with Crippen LogP contribution in [-0.2, 0) is 5.54 Å². The van der Waals surface area contributed by atoms with E-state index in [0.717, 1.165) is 28.7 Å². The number of carbonyl (C=O) groups is 1. The van der Waals surface area contributed by atoms with Crippen molar-refractivity contribution in [2.45, 2.75) is 18.3 Å². The average Bonchev–Trinajstić information content (AvgIpc) is 3.61. The minimum Gasteiger partial charge on any atom is -0.427 e. The second-order valence-corrected chi connectivity index (χ2v) is 9.11. The van der Waals surface area contributed by atoms with Crippen LogP contribution < -0.4 is 5.73 Å². The molecule has 0 fully saturated rings. The van der Waals surface area contributed by atoms with Gasteiger partial charge in [-0.3, -0.25) is 4.79 Å². The molecular formula is C28H30BNO3S2. The van der Waals surface area contributed by atoms with E-state index in [9.17, 15) is 4.79 Å². The molecule has 0 radical (unpaired) electrons. The van der Waals surface area contributed by atoms with Crippen LogP contribution in [0.5, 0.6) is 0 Å². The number of hydrogen-bond acceptors (Lipinski definition) is 6. The van der Waals surface area contributed by atoms with Crippen molar-refractivity contribution in [3.63, 3.8) is 0 Å². The molecule has 4 rings (SSSR count). The molecule has 0 bridgehead atoms. The van der Waals surface area contributed by atoms with Crippen LogP contribution in [0.25, 0.3) is 0 Å². The summed E-state index contributed by atoms with van der Waals surface area (Å²) < 4.78 is 0. The molecule has 4 aromatic rings. The van der Waals surface area contributed by atoms with Crippen LogP contribution >= 0.6 is 22.7 Å². The smallest absolute Gasteiger partial charge is 0.427 e. The maximum atomic E-state index is 11.7. The summed E-state index contributed by atoms with van der Waals surface area (Å²) in [5.41, 5.74) is 9.90. The van der Waals surface area contributed by atoms with E-state index in [-0.39, 0.29) is 12.1 Å². The first-order chi connectivity index (χ1) is 16.9. The summed E-state index contributed by atoms with van der Waals surface area (Å²) in [5, 5.41) is 24.0. The van der Waals surface area contributed by atoms with E-state index in [1.54, 1.807) is 22.7 Å². The predicted molar refractivity (Wildman–Crippen MR) is 150 cm³/mol. The molecule has 1 unspecified atom stereocenters. The summed E-state index contributed by atoms with van der Waals surface area (Å²) in [7, 11) is -1.22. The first-order valence-electron chi connectivity index (χ1n) is 11.0. The first kappa shape index (κ1) is 28.2. The first-order valence-corrected chi connectivity index (χ1v) is 12.9. The molecular weight excluding hydrogens is 473 g/mol. The highest BCUT2D eigenvalue weighted by atomic mass is 32.1. The highest BCUT2D eigenvalue weighted by Crippen LogP contribution is 2.31. The Kier molecular flexibility index (Phi) is 12.1. The molecule has 0 aliphatic rings. The molecule has 7 heteroatoms. The van der Waals surface area contributed by atoms with E-state index in [1.807, 2.05) is 71.4 Å². The number of benzene rings is 2. The van der Waals surface area contributed by atoms with Crippen LogP contribution in [0.4, 0.5) is 0 Å². The molecule has 0 saturated carbocycles. The number of allylic oxidation sites excluding steroid dienone is 1. The van der Waals surface area contributed by atoms with Crippen molar-refractivity contribution in [3.8, 4) is 0 Å². The van der Waals surface area contributed by atoms with E-state index >= 15 is 0 Å². The molecule has 1 atom stereocenters. The molecule has 0 saturated heterocycles. The number of ketones is 1. The van der Waals surface area contributed by atoms with Gasteiger partial charge in [0, 0.05) is 16.5 Å². The topological polar surface area (TPSA) is 83.6 Å². The quantitative estimate of drug-likeness (QED) is 0.153. The van der Waals surface area contributed by atoms with Crippen LogP contribution in [0.3, 0.4) is 0 Å². The third-order valence-electron chi connectivity index (χ3n) is 4.99. The maximum absolute atomic E-state index is 11.7. The maximum Gasteiger partial charge on any atom is 0.455 e. The van der Waals surface area contributed by atoms with Crippen LogP contribution in [0.1, 0.15) is 33.5 Å². The van der Waals surface area contributed by atoms with Crippen molar-refractivity contribution >= 4 is 35.6 Å². The molecule has 0 aliphatic carbocycles. The van der Waals surface area contributed by atoms with Gasteiger partial charge in [-0.05, 0) is 52.1 Å². The Balaban J connectivity index is 0.000000204. The minimum atomic E-state index is -1.22. The van der Waals surface area contributed by atoms with E-state index < -0.39 is 12.7 Å². The van der Waals surface area contributed by atoms with E-state index in [1.165, 1.54) is 6.08 Å². The normalized spacial score (nSPS) is 11.5. The van der Waals surface area contributed by atoms with Crippen LogP contribution in [-0.4, -0.2) is 22.9 Å². The molecule has 4 nitrogen and oxygen atoms in total. The van der Waals surface area contributed by atoms with Crippen molar-refractivity contribution in [1.29, 1.82) is 0 Å². The minimum absolute atomic E-state index is 0.0989. The van der Waals surface area contributed by atoms with Crippen LogP contribution in [0, 0.1) is 0 Å². The number of carbonyl (C=O) groups excluding carboxylic acids is 1. The largest absolute Gasteiger partial charge is 0.455 e. The van der Waals surface area contributed by atoms with Gasteiger partial charge in [0.15, 0.2) is 5.78 Å². The van der Waals surface area contributed by atoms with E-state index in [2.05, 4.69) is 42.1 Å². The molecule has 180 valence electrons. The Morgan fingerprint density at radius 2 is 1.43 bits per heavy atom. The lowest BCUT2D eigenvalue weighted by Gasteiger charge is -2.28. The van der Waals surface area contributed by atoms with Gasteiger partial charge in [0.05, 0.1) is 5.54 Å². The number of thiophene rings is 2. The summed E-state index contributed by atoms with van der Waals surface area (Å²) in [6, 6.07) is 23.4. The molecule has 0 aliphatic heterocycles. The number of nitrogens with two attached hydrogens (primary N) is 1. The fourth-order valence-electron chi connectivity index (χ4n) is 3.18. The van der Waals surface area contributed by atoms with E-state index in [4.69, 9.17) is 15.8 Å². The van der Waals surface area contributed by atoms with Gasteiger partial charge in [-0.15, -0.1) is 13.2 Å². The van der Waals surface area contributed by atoms with E-state index in [0.29, 0.717) is 0 Å². The molecule has 2 aromatic heterocycles. The predicted octanol–water partition coefficient (Wildman–Crippen LogP) is 6.15. The zero-order chi connectivity index (χ0) is 25.5. The standard InChI is InChI=1S/C14H15NS.C11H8OS.C3H7BO2/c1-2-9-14(15,13-8-10-16-11-13)12-6-4-3-5-7-12;12-11(10-6-7-13-8-10)9-4-2-1-3-5-9;1-2-3-4(5)6/h2-8,10-11H,1,9,15H2;1-8H;2,5-6H,1,3H2. The SMILES string of the molecule is C=CCB(O)O.C=CCC(N)(c1ccccc1)c1ccsc1.O=C(c1ccccc1)c1ccsc1. The van der Waals surface area contributed by atoms with Crippen molar-refractivity contribution in [2.75, 3.05) is 0 Å². The van der Waals surface area contributed by atoms with Crippen LogP contribution in [0.15, 0.2) is 120 Å². The lowest BCUT2D eigenvalue weighted by atomic mass is 9.82. The zero-order valence-electron chi connectivity index (χ0n) is 19.5. The highest BCUT2D eigenvalue weighted by Gasteiger charge is 2.28. The highest BCUT2D eigenvalue weighted by molar-refractivity contribution is 7.08. The summed E-state index contributed by atoms with van der Waals surface area (Å²) in [6.45, 7) is 7.09. The van der Waals surface area contributed by atoms with Gasteiger partial charge in [0.1, 0.15) is 0 Å². The Labute approximate surface area is 215 Å². The van der Waals surface area contributed by atoms with Gasteiger partial charge in [-0.2, -0.15) is 22.7 Å². The van der Waals surface area contributed by atoms with Crippen molar-refractivity contribution in [3.05, 3.63) is 142 Å². The molecule has 4 N–H and O–H groups in total. The molecule has 0 spiro atoms. The lowest BCUT2D eigenvalue weighted by Crippen LogP contribution is -2.36. The van der Waals surface area contributed by atoms with Gasteiger partial charge in [0.2, 0.25) is 0 Å². The Bertz CT molecular complexity index is 1130. The number of rotatable bonds is 8. The third kappa shape index (κ3) is 8.90. The van der Waals surface area contributed by atoms with Gasteiger partial charge in [-0.25, -0.2) is 0 Å². The van der Waals surface area contributed by atoms with Gasteiger partial charge in [0.25, 0.3) is 0 Å². The van der Waals surface area contributed by atoms with Crippen molar-refractivity contribution in [1.82, 2.24) is 0 Å². The van der Waals surface area contributed by atoms with Gasteiger partial charge < -0.3 is 15.8 Å². The average molecular weight is 503 g/mol. The molecule has 2 heterocycles. The third-order valence-corrected chi connectivity index (χ3v) is 6.35.